The number of phenols is 1. The Balaban J connectivity index is 2.84. The third-order valence-electron chi connectivity index (χ3n) is 2.47. The van der Waals surface area contributed by atoms with Gasteiger partial charge in [-0.25, -0.2) is 4.79 Å². The third kappa shape index (κ3) is 3.98. The van der Waals surface area contributed by atoms with Gasteiger partial charge in [0.1, 0.15) is 11.8 Å². The fourth-order valence-corrected chi connectivity index (χ4v) is 1.44. The van der Waals surface area contributed by atoms with Crippen molar-refractivity contribution in [3.8, 4) is 5.75 Å². The number of nitrogens with one attached hydrogen (secondary N) is 1. The number of amides is 2. The van der Waals surface area contributed by atoms with Crippen molar-refractivity contribution >= 4 is 17.8 Å². The fourth-order valence-electron chi connectivity index (χ4n) is 1.44. The van der Waals surface area contributed by atoms with Crippen molar-refractivity contribution in [3.05, 3.63) is 29.3 Å². The fraction of sp³-hybridized carbons (Fsp3) is 0.250. The van der Waals surface area contributed by atoms with E-state index in [0.29, 0.717) is 5.56 Å². The van der Waals surface area contributed by atoms with Gasteiger partial charge in [-0.1, -0.05) is 0 Å². The zero-order valence-electron chi connectivity index (χ0n) is 10.2. The highest BCUT2D eigenvalue weighted by molar-refractivity contribution is 5.97. The lowest BCUT2D eigenvalue weighted by Gasteiger charge is -2.13. The number of hydrogen-bond donors (Lipinski definition) is 4. The molecule has 1 aromatic rings. The van der Waals surface area contributed by atoms with Crippen LogP contribution >= 0.6 is 0 Å². The summed E-state index contributed by atoms with van der Waals surface area (Å²) in [6, 6.07) is 2.71. The molecule has 2 amide bonds. The lowest BCUT2D eigenvalue weighted by molar-refractivity contribution is -0.140. The van der Waals surface area contributed by atoms with Gasteiger partial charge in [0.2, 0.25) is 5.91 Å². The molecule has 0 aromatic heterocycles. The number of aromatic hydroxyl groups is 1. The molecule has 0 aliphatic heterocycles. The van der Waals surface area contributed by atoms with E-state index in [9.17, 15) is 19.5 Å². The van der Waals surface area contributed by atoms with Crippen LogP contribution in [0.2, 0.25) is 0 Å². The molecule has 0 bridgehead atoms. The van der Waals surface area contributed by atoms with Crippen LogP contribution in [0.1, 0.15) is 22.3 Å². The summed E-state index contributed by atoms with van der Waals surface area (Å²) in [7, 11) is 0. The number of aryl methyl sites for hydroxylation is 1. The zero-order chi connectivity index (χ0) is 14.6. The first kappa shape index (κ1) is 14.5. The average Bonchev–Trinajstić information content (AvgIpc) is 2.31. The highest BCUT2D eigenvalue weighted by atomic mass is 16.4. The number of benzene rings is 1. The predicted molar refractivity (Wildman–Crippen MR) is 65.5 cm³/mol. The predicted octanol–water partition coefficient (Wildman–Crippen LogP) is -0.241. The number of carbonyl (C=O) groups is 3. The second-order valence-electron chi connectivity index (χ2n) is 4.04. The van der Waals surface area contributed by atoms with Gasteiger partial charge < -0.3 is 21.3 Å². The Bertz CT molecular complexity index is 527. The first-order valence-electron chi connectivity index (χ1n) is 5.43. The van der Waals surface area contributed by atoms with Crippen molar-refractivity contribution in [3.63, 3.8) is 0 Å². The minimum Gasteiger partial charge on any atom is -0.508 e. The molecule has 0 aliphatic rings. The first-order valence-corrected chi connectivity index (χ1v) is 5.43. The maximum atomic E-state index is 11.8. The van der Waals surface area contributed by atoms with Gasteiger partial charge in [0, 0.05) is 5.56 Å². The molecule has 1 rings (SSSR count). The average molecular weight is 266 g/mol. The molecular weight excluding hydrogens is 252 g/mol. The molecule has 102 valence electrons. The summed E-state index contributed by atoms with van der Waals surface area (Å²) >= 11 is 0. The van der Waals surface area contributed by atoms with Gasteiger partial charge in [-0.05, 0) is 30.7 Å². The van der Waals surface area contributed by atoms with Crippen LogP contribution in [0.5, 0.6) is 5.75 Å². The number of nitrogens with two attached hydrogens (primary N) is 1. The van der Waals surface area contributed by atoms with Gasteiger partial charge in [-0.3, -0.25) is 9.59 Å². The maximum absolute atomic E-state index is 11.8. The van der Waals surface area contributed by atoms with E-state index in [4.69, 9.17) is 10.8 Å². The Morgan fingerprint density at radius 2 is 2.00 bits per heavy atom. The van der Waals surface area contributed by atoms with E-state index in [1.807, 2.05) is 0 Å². The highest BCUT2D eigenvalue weighted by Crippen LogP contribution is 2.16. The standard InChI is InChI=1S/C12H14N2O5/c1-6-4-7(2-3-9(6)15)11(17)14-8(12(18)19)5-10(13)16/h2-4,8,15H,5H2,1H3,(H2,13,16)(H,14,17)(H,18,19). The van der Waals surface area contributed by atoms with Crippen LogP contribution < -0.4 is 11.1 Å². The van der Waals surface area contributed by atoms with Crippen molar-refractivity contribution in [2.75, 3.05) is 0 Å². The number of primary amides is 1. The van der Waals surface area contributed by atoms with Crippen LogP contribution in [0.4, 0.5) is 0 Å². The number of aliphatic carboxylic acids is 1. The summed E-state index contributed by atoms with van der Waals surface area (Å²) in [5.41, 5.74) is 5.57. The van der Waals surface area contributed by atoms with E-state index in [1.165, 1.54) is 18.2 Å². The summed E-state index contributed by atoms with van der Waals surface area (Å²) in [4.78, 5) is 33.4. The van der Waals surface area contributed by atoms with E-state index >= 15 is 0 Å². The Morgan fingerprint density at radius 1 is 1.37 bits per heavy atom. The second-order valence-corrected chi connectivity index (χ2v) is 4.04. The summed E-state index contributed by atoms with van der Waals surface area (Å²) < 4.78 is 0. The Hall–Kier alpha value is -2.57. The Kier molecular flexibility index (Phi) is 4.46. The second kappa shape index (κ2) is 5.85. The Morgan fingerprint density at radius 3 is 2.47 bits per heavy atom. The molecule has 1 unspecified atom stereocenters. The Labute approximate surface area is 109 Å². The molecule has 7 nitrogen and oxygen atoms in total. The van der Waals surface area contributed by atoms with E-state index in [2.05, 4.69) is 5.32 Å². The van der Waals surface area contributed by atoms with Gasteiger partial charge in [-0.15, -0.1) is 0 Å². The molecule has 0 radical (unpaired) electrons. The van der Waals surface area contributed by atoms with Crippen molar-refractivity contribution in [2.45, 2.75) is 19.4 Å². The number of carboxylic acid groups (broad SMARTS) is 1. The van der Waals surface area contributed by atoms with E-state index in [-0.39, 0.29) is 11.3 Å². The van der Waals surface area contributed by atoms with Crippen LogP contribution in [0.15, 0.2) is 18.2 Å². The van der Waals surface area contributed by atoms with Crippen LogP contribution in [0.25, 0.3) is 0 Å². The topological polar surface area (TPSA) is 130 Å². The summed E-state index contributed by atoms with van der Waals surface area (Å²) in [5.74, 6) is -2.79. The van der Waals surface area contributed by atoms with Gasteiger partial charge in [0.15, 0.2) is 0 Å². The molecule has 5 N–H and O–H groups in total. The minimum atomic E-state index is -1.38. The highest BCUT2D eigenvalue weighted by Gasteiger charge is 2.22. The SMILES string of the molecule is Cc1cc(C(=O)NC(CC(N)=O)C(=O)O)ccc1O. The summed E-state index contributed by atoms with van der Waals surface area (Å²) in [6.07, 6.45) is -0.488. The molecule has 19 heavy (non-hydrogen) atoms. The smallest absolute Gasteiger partial charge is 0.326 e. The van der Waals surface area contributed by atoms with E-state index in [1.54, 1.807) is 6.92 Å². The van der Waals surface area contributed by atoms with Gasteiger partial charge in [0.25, 0.3) is 5.91 Å². The van der Waals surface area contributed by atoms with Gasteiger partial charge >= 0.3 is 5.97 Å². The molecule has 0 saturated heterocycles. The quantitative estimate of drug-likeness (QED) is 0.584. The van der Waals surface area contributed by atoms with Crippen LogP contribution in [-0.4, -0.2) is 34.0 Å². The number of carboxylic acids is 1. The van der Waals surface area contributed by atoms with E-state index < -0.39 is 30.2 Å². The van der Waals surface area contributed by atoms with Crippen LogP contribution in [0, 0.1) is 6.92 Å². The van der Waals surface area contributed by atoms with Crippen molar-refractivity contribution < 1.29 is 24.6 Å². The van der Waals surface area contributed by atoms with E-state index in [0.717, 1.165) is 0 Å². The lowest BCUT2D eigenvalue weighted by Crippen LogP contribution is -2.43. The molecule has 0 saturated carbocycles. The van der Waals surface area contributed by atoms with Crippen molar-refractivity contribution in [1.29, 1.82) is 0 Å². The largest absolute Gasteiger partial charge is 0.508 e. The molecule has 0 fully saturated rings. The first-order chi connectivity index (χ1) is 8.81. The summed E-state index contributed by atoms with van der Waals surface area (Å²) in [5, 5.41) is 20.4. The molecule has 0 spiro atoms. The van der Waals surface area contributed by atoms with Crippen LogP contribution in [0.3, 0.4) is 0 Å². The summed E-state index contributed by atoms with van der Waals surface area (Å²) in [6.45, 7) is 1.60. The number of hydrogen-bond acceptors (Lipinski definition) is 4. The minimum absolute atomic E-state index is 0.0310. The number of rotatable bonds is 5. The monoisotopic (exact) mass is 266 g/mol. The van der Waals surface area contributed by atoms with Crippen molar-refractivity contribution in [1.82, 2.24) is 5.32 Å². The molecule has 1 aromatic carbocycles. The van der Waals surface area contributed by atoms with Gasteiger partial charge in [-0.2, -0.15) is 0 Å². The van der Waals surface area contributed by atoms with Crippen LogP contribution in [-0.2, 0) is 9.59 Å². The normalized spacial score (nSPS) is 11.6. The number of phenolic OH excluding ortho intramolecular Hbond substituents is 1. The third-order valence-corrected chi connectivity index (χ3v) is 2.47. The lowest BCUT2D eigenvalue weighted by atomic mass is 10.1. The van der Waals surface area contributed by atoms with Crippen molar-refractivity contribution in [2.24, 2.45) is 5.73 Å². The molecule has 0 heterocycles. The molecule has 0 aliphatic carbocycles. The molecular formula is C12H14N2O5. The molecule has 7 heteroatoms. The number of carbonyl (C=O) groups excluding carboxylic acids is 2. The zero-order valence-corrected chi connectivity index (χ0v) is 10.2. The van der Waals surface area contributed by atoms with Gasteiger partial charge in [0.05, 0.1) is 6.42 Å². The molecule has 1 atom stereocenters. The maximum Gasteiger partial charge on any atom is 0.326 e.